The van der Waals surface area contributed by atoms with Crippen LogP contribution in [-0.2, 0) is 0 Å². The number of hydrogen-bond donors (Lipinski definition) is 0. The lowest BCUT2D eigenvalue weighted by Gasteiger charge is -2.12. The van der Waals surface area contributed by atoms with E-state index in [0.29, 0.717) is 33.6 Å². The molecule has 0 radical (unpaired) electrons. The van der Waals surface area contributed by atoms with Crippen LogP contribution in [0.25, 0.3) is 11.5 Å². The molecule has 146 valence electrons. The molecule has 0 fully saturated rings. The van der Waals surface area contributed by atoms with Gasteiger partial charge in [-0.3, -0.25) is 4.79 Å². The predicted octanol–water partition coefficient (Wildman–Crippen LogP) is 4.50. The molecule has 0 saturated heterocycles. The van der Waals surface area contributed by atoms with Crippen molar-refractivity contribution in [3.63, 3.8) is 0 Å². The van der Waals surface area contributed by atoms with E-state index in [1.807, 2.05) is 12.1 Å². The molecule has 7 nitrogen and oxygen atoms in total. The Labute approximate surface area is 174 Å². The fourth-order valence-corrected chi connectivity index (χ4v) is 3.52. The number of hydrogen-bond acceptors (Lipinski definition) is 8. The van der Waals surface area contributed by atoms with Crippen molar-refractivity contribution in [2.75, 3.05) is 27.1 Å². The van der Waals surface area contributed by atoms with Crippen molar-refractivity contribution in [2.45, 2.75) is 5.22 Å². The van der Waals surface area contributed by atoms with Crippen LogP contribution in [0, 0.1) is 0 Å². The first-order valence-electron chi connectivity index (χ1n) is 8.11. The molecular weight excluding hydrogens is 448 g/mol. The van der Waals surface area contributed by atoms with Gasteiger partial charge in [-0.2, -0.15) is 0 Å². The van der Waals surface area contributed by atoms with Crippen LogP contribution in [0.1, 0.15) is 10.4 Å². The maximum Gasteiger partial charge on any atom is 0.277 e. The van der Waals surface area contributed by atoms with Gasteiger partial charge in [0.05, 0.1) is 27.1 Å². The van der Waals surface area contributed by atoms with Crippen LogP contribution in [0.2, 0.25) is 0 Å². The molecule has 0 spiro atoms. The molecule has 3 aromatic rings. The quantitative estimate of drug-likeness (QED) is 0.355. The van der Waals surface area contributed by atoms with E-state index in [9.17, 15) is 4.79 Å². The zero-order valence-electron chi connectivity index (χ0n) is 15.4. The molecule has 1 aromatic heterocycles. The summed E-state index contributed by atoms with van der Waals surface area (Å²) in [5.41, 5.74) is 1.23. The fourth-order valence-electron chi connectivity index (χ4n) is 2.46. The van der Waals surface area contributed by atoms with Crippen LogP contribution in [0.4, 0.5) is 0 Å². The lowest BCUT2D eigenvalue weighted by atomic mass is 10.2. The van der Waals surface area contributed by atoms with Crippen LogP contribution < -0.4 is 14.2 Å². The minimum atomic E-state index is -0.0289. The molecule has 0 aliphatic rings. The Morgan fingerprint density at radius 1 is 1.07 bits per heavy atom. The maximum absolute atomic E-state index is 12.3. The third-order valence-corrected chi connectivity index (χ3v) is 5.10. The number of rotatable bonds is 8. The molecule has 0 saturated carbocycles. The zero-order chi connectivity index (χ0) is 20.1. The number of aromatic nitrogens is 2. The standard InChI is InChI=1S/C19H17BrN2O5S/c1-24-15-8-12(9-16(25-2)17(15)26-3)18-21-22-19(27-18)28-10-14(23)11-5-4-6-13(20)7-11/h4-9H,10H2,1-3H3. The van der Waals surface area contributed by atoms with E-state index in [0.717, 1.165) is 4.47 Å². The first-order chi connectivity index (χ1) is 13.5. The highest BCUT2D eigenvalue weighted by Crippen LogP contribution is 2.41. The van der Waals surface area contributed by atoms with Crippen molar-refractivity contribution in [3.8, 4) is 28.7 Å². The number of Topliss-reactive ketones (excluding diaryl/α,β-unsaturated/α-hetero) is 1. The molecule has 9 heteroatoms. The van der Waals surface area contributed by atoms with E-state index in [-0.39, 0.29) is 17.4 Å². The summed E-state index contributed by atoms with van der Waals surface area (Å²) >= 11 is 4.54. The molecule has 0 bridgehead atoms. The van der Waals surface area contributed by atoms with Crippen LogP contribution >= 0.6 is 27.7 Å². The molecule has 0 aliphatic heterocycles. The third-order valence-electron chi connectivity index (χ3n) is 3.79. The lowest BCUT2D eigenvalue weighted by Crippen LogP contribution is -2.02. The zero-order valence-corrected chi connectivity index (χ0v) is 17.8. The largest absolute Gasteiger partial charge is 0.493 e. The van der Waals surface area contributed by atoms with Gasteiger partial charge in [-0.05, 0) is 24.3 Å². The van der Waals surface area contributed by atoms with Gasteiger partial charge in [-0.1, -0.05) is 39.8 Å². The van der Waals surface area contributed by atoms with Gasteiger partial charge < -0.3 is 18.6 Å². The molecule has 1 heterocycles. The molecule has 28 heavy (non-hydrogen) atoms. The van der Waals surface area contributed by atoms with Crippen LogP contribution in [-0.4, -0.2) is 43.1 Å². The van der Waals surface area contributed by atoms with E-state index in [1.165, 1.54) is 33.1 Å². The molecule has 0 amide bonds. The SMILES string of the molecule is COc1cc(-c2nnc(SCC(=O)c3cccc(Br)c3)o2)cc(OC)c1OC. The van der Waals surface area contributed by atoms with Crippen molar-refractivity contribution in [1.82, 2.24) is 10.2 Å². The number of carbonyl (C=O) groups is 1. The van der Waals surface area contributed by atoms with Gasteiger partial charge in [0.1, 0.15) is 0 Å². The van der Waals surface area contributed by atoms with E-state index in [1.54, 1.807) is 24.3 Å². The third kappa shape index (κ3) is 4.48. The van der Waals surface area contributed by atoms with Crippen LogP contribution in [0.15, 0.2) is 50.5 Å². The van der Waals surface area contributed by atoms with Crippen LogP contribution in [0.3, 0.4) is 0 Å². The minimum Gasteiger partial charge on any atom is -0.493 e. The topological polar surface area (TPSA) is 83.7 Å². The Bertz CT molecular complexity index is 967. The van der Waals surface area contributed by atoms with Gasteiger partial charge in [-0.25, -0.2) is 0 Å². The number of ketones is 1. The van der Waals surface area contributed by atoms with E-state index in [2.05, 4.69) is 26.1 Å². The highest BCUT2D eigenvalue weighted by Gasteiger charge is 2.18. The average Bonchev–Trinajstić information content (AvgIpc) is 3.19. The molecule has 0 aliphatic carbocycles. The fraction of sp³-hybridized carbons (Fsp3) is 0.211. The van der Waals surface area contributed by atoms with Gasteiger partial charge in [0, 0.05) is 15.6 Å². The van der Waals surface area contributed by atoms with Gasteiger partial charge in [0.2, 0.25) is 11.6 Å². The Balaban J connectivity index is 1.76. The summed E-state index contributed by atoms with van der Waals surface area (Å²) < 4.78 is 22.5. The second-order valence-electron chi connectivity index (χ2n) is 5.51. The second kappa shape index (κ2) is 9.11. The summed E-state index contributed by atoms with van der Waals surface area (Å²) in [6, 6.07) is 10.7. The molecule has 3 rings (SSSR count). The Morgan fingerprint density at radius 2 is 1.79 bits per heavy atom. The Morgan fingerprint density at radius 3 is 2.39 bits per heavy atom. The number of carbonyl (C=O) groups excluding carboxylic acids is 1. The monoisotopic (exact) mass is 464 g/mol. The number of thioether (sulfide) groups is 1. The average molecular weight is 465 g/mol. The number of nitrogens with zero attached hydrogens (tertiary/aromatic N) is 2. The van der Waals surface area contributed by atoms with Crippen molar-refractivity contribution < 1.29 is 23.4 Å². The minimum absolute atomic E-state index is 0.0289. The Kier molecular flexibility index (Phi) is 6.58. The summed E-state index contributed by atoms with van der Waals surface area (Å²) in [7, 11) is 4.59. The smallest absolute Gasteiger partial charge is 0.277 e. The van der Waals surface area contributed by atoms with E-state index in [4.69, 9.17) is 18.6 Å². The highest BCUT2D eigenvalue weighted by atomic mass is 79.9. The van der Waals surface area contributed by atoms with Gasteiger partial charge in [0.15, 0.2) is 17.3 Å². The predicted molar refractivity (Wildman–Crippen MR) is 109 cm³/mol. The molecular formula is C19H17BrN2O5S. The highest BCUT2D eigenvalue weighted by molar-refractivity contribution is 9.10. The summed E-state index contributed by atoms with van der Waals surface area (Å²) in [6.07, 6.45) is 0. The summed E-state index contributed by atoms with van der Waals surface area (Å²) in [6.45, 7) is 0. The normalized spacial score (nSPS) is 10.6. The number of halogens is 1. The van der Waals surface area contributed by atoms with Crippen molar-refractivity contribution in [1.29, 1.82) is 0 Å². The van der Waals surface area contributed by atoms with E-state index >= 15 is 0 Å². The summed E-state index contributed by atoms with van der Waals surface area (Å²) in [5, 5.41) is 8.35. The van der Waals surface area contributed by atoms with Crippen molar-refractivity contribution >= 4 is 33.5 Å². The summed E-state index contributed by atoms with van der Waals surface area (Å²) in [5.74, 6) is 1.88. The molecule has 2 aromatic carbocycles. The number of ether oxygens (including phenoxy) is 3. The lowest BCUT2D eigenvalue weighted by molar-refractivity contribution is 0.102. The molecule has 0 unspecified atom stereocenters. The van der Waals surface area contributed by atoms with Gasteiger partial charge in [-0.15, -0.1) is 10.2 Å². The van der Waals surface area contributed by atoms with Gasteiger partial charge in [0.25, 0.3) is 5.22 Å². The Hall–Kier alpha value is -2.52. The van der Waals surface area contributed by atoms with E-state index < -0.39 is 0 Å². The number of benzene rings is 2. The first-order valence-corrected chi connectivity index (χ1v) is 9.89. The number of methoxy groups -OCH3 is 3. The first kappa shape index (κ1) is 20.2. The van der Waals surface area contributed by atoms with Gasteiger partial charge >= 0.3 is 0 Å². The van der Waals surface area contributed by atoms with Crippen molar-refractivity contribution in [3.05, 3.63) is 46.4 Å². The maximum atomic E-state index is 12.3. The summed E-state index contributed by atoms with van der Waals surface area (Å²) in [4.78, 5) is 12.3. The molecule has 0 atom stereocenters. The second-order valence-corrected chi connectivity index (χ2v) is 7.35. The van der Waals surface area contributed by atoms with Crippen molar-refractivity contribution in [2.24, 2.45) is 0 Å². The van der Waals surface area contributed by atoms with Crippen LogP contribution in [0.5, 0.6) is 17.2 Å². The molecule has 0 N–H and O–H groups in total.